The molecule has 1 aliphatic carbocycles. The SMILES string of the molecule is CC.COCOc1ccc2c(C(C)O)c3ccc(=[N+]4CCCC4)cc-3oc2c1. The van der Waals surface area contributed by atoms with Gasteiger partial charge < -0.3 is 19.0 Å². The van der Waals surface area contributed by atoms with Crippen LogP contribution in [-0.4, -0.2) is 32.1 Å². The van der Waals surface area contributed by atoms with Gasteiger partial charge in [-0.15, -0.1) is 0 Å². The number of methoxy groups -OCH3 is 1. The molecule has 5 heteroatoms. The molecule has 1 aromatic rings. The Morgan fingerprint density at radius 1 is 1.11 bits per heavy atom. The van der Waals surface area contributed by atoms with Crippen molar-refractivity contribution in [3.8, 4) is 17.1 Å². The topological polar surface area (TPSA) is 54.8 Å². The van der Waals surface area contributed by atoms with Crippen LogP contribution in [0, 0.1) is 0 Å². The fraction of sp³-hybridized carbons (Fsp3) is 0.435. The van der Waals surface area contributed by atoms with Gasteiger partial charge in [0, 0.05) is 48.6 Å². The first kappa shape index (κ1) is 20.4. The van der Waals surface area contributed by atoms with Crippen LogP contribution in [0.15, 0.2) is 40.8 Å². The number of hydrogen-bond acceptors (Lipinski definition) is 4. The first-order valence-electron chi connectivity index (χ1n) is 10.1. The van der Waals surface area contributed by atoms with Gasteiger partial charge in [-0.1, -0.05) is 13.8 Å². The molecule has 0 saturated carbocycles. The highest BCUT2D eigenvalue weighted by molar-refractivity contribution is 5.89. The van der Waals surface area contributed by atoms with Crippen molar-refractivity contribution in [3.63, 3.8) is 0 Å². The zero-order valence-corrected chi connectivity index (χ0v) is 17.2. The van der Waals surface area contributed by atoms with Crippen molar-refractivity contribution in [3.05, 3.63) is 47.3 Å². The van der Waals surface area contributed by atoms with Crippen LogP contribution in [0.2, 0.25) is 0 Å². The Morgan fingerprint density at radius 3 is 2.54 bits per heavy atom. The minimum absolute atomic E-state index is 0.182. The maximum absolute atomic E-state index is 10.4. The molecule has 0 spiro atoms. The minimum Gasteiger partial charge on any atom is -0.467 e. The second kappa shape index (κ2) is 9.22. The summed E-state index contributed by atoms with van der Waals surface area (Å²) in [7, 11) is 1.59. The molecule has 1 N–H and O–H groups in total. The van der Waals surface area contributed by atoms with E-state index in [1.54, 1.807) is 14.0 Å². The molecule has 150 valence electrons. The summed E-state index contributed by atoms with van der Waals surface area (Å²) in [6, 6.07) is 11.9. The number of aliphatic hydroxyl groups is 1. The molecule has 0 amide bonds. The Hall–Kier alpha value is -2.37. The Kier molecular flexibility index (Phi) is 6.70. The average Bonchev–Trinajstić information content (AvgIpc) is 3.26. The van der Waals surface area contributed by atoms with Crippen LogP contribution in [0.25, 0.3) is 22.3 Å². The van der Waals surface area contributed by atoms with Crippen LogP contribution in [-0.2, 0) is 4.74 Å². The van der Waals surface area contributed by atoms with Crippen LogP contribution < -0.4 is 14.7 Å². The number of hydrogen-bond donors (Lipinski definition) is 1. The van der Waals surface area contributed by atoms with E-state index in [2.05, 4.69) is 22.8 Å². The van der Waals surface area contributed by atoms with Crippen molar-refractivity contribution in [2.24, 2.45) is 0 Å². The van der Waals surface area contributed by atoms with E-state index < -0.39 is 6.10 Å². The third-order valence-corrected chi connectivity index (χ3v) is 4.95. The molecule has 5 nitrogen and oxygen atoms in total. The number of nitrogens with zero attached hydrogens (tertiary/aromatic N) is 1. The molecule has 28 heavy (non-hydrogen) atoms. The Labute approximate surface area is 166 Å². The highest BCUT2D eigenvalue weighted by Crippen LogP contribution is 2.37. The van der Waals surface area contributed by atoms with Gasteiger partial charge in [0.05, 0.1) is 12.2 Å². The predicted molar refractivity (Wildman–Crippen MR) is 112 cm³/mol. The molecule has 4 rings (SSSR count). The van der Waals surface area contributed by atoms with Crippen molar-refractivity contribution >= 4 is 11.0 Å². The minimum atomic E-state index is -0.597. The molecule has 1 unspecified atom stereocenters. The smallest absolute Gasteiger partial charge is 0.203 e. The Balaban J connectivity index is 0.00000109. The maximum Gasteiger partial charge on any atom is 0.203 e. The molecular weight excluding hydrogens is 354 g/mol. The molecule has 1 aromatic carbocycles. The van der Waals surface area contributed by atoms with Gasteiger partial charge in [0.15, 0.2) is 6.79 Å². The maximum atomic E-state index is 10.4. The summed E-state index contributed by atoms with van der Waals surface area (Å²) >= 11 is 0. The molecular formula is C23H30NO4+. The van der Waals surface area contributed by atoms with E-state index >= 15 is 0 Å². The summed E-state index contributed by atoms with van der Waals surface area (Å²) in [5.74, 6) is 1.45. The number of aliphatic hydroxyl groups excluding tert-OH is 1. The molecule has 0 radical (unpaired) electrons. The van der Waals surface area contributed by atoms with Gasteiger partial charge in [0.2, 0.25) is 5.36 Å². The largest absolute Gasteiger partial charge is 0.467 e. The molecule has 2 heterocycles. The van der Waals surface area contributed by atoms with E-state index in [0.717, 1.165) is 35.4 Å². The van der Waals surface area contributed by atoms with Gasteiger partial charge >= 0.3 is 0 Å². The zero-order chi connectivity index (χ0) is 20.1. The van der Waals surface area contributed by atoms with Crippen LogP contribution in [0.5, 0.6) is 5.75 Å². The normalized spacial score (nSPS) is 14.8. The molecule has 0 aromatic heterocycles. The van der Waals surface area contributed by atoms with E-state index in [1.165, 1.54) is 18.2 Å². The van der Waals surface area contributed by atoms with E-state index in [-0.39, 0.29) is 6.79 Å². The Bertz CT molecular complexity index is 966. The van der Waals surface area contributed by atoms with Crippen molar-refractivity contribution in [1.29, 1.82) is 0 Å². The highest BCUT2D eigenvalue weighted by Gasteiger charge is 2.21. The first-order chi connectivity index (χ1) is 13.7. The number of benzene rings is 2. The quantitative estimate of drug-likeness (QED) is 0.417. The summed E-state index contributed by atoms with van der Waals surface area (Å²) in [4.78, 5) is 0. The second-order valence-electron chi connectivity index (χ2n) is 6.78. The van der Waals surface area contributed by atoms with Crippen LogP contribution in [0.1, 0.15) is 45.3 Å². The van der Waals surface area contributed by atoms with Gasteiger partial charge in [0.25, 0.3) is 0 Å². The highest BCUT2D eigenvalue weighted by atomic mass is 16.7. The lowest BCUT2D eigenvalue weighted by atomic mass is 9.96. The fourth-order valence-corrected chi connectivity index (χ4v) is 3.73. The lowest BCUT2D eigenvalue weighted by molar-refractivity contribution is 0.0512. The molecule has 0 bridgehead atoms. The van der Waals surface area contributed by atoms with Crippen LogP contribution >= 0.6 is 0 Å². The van der Waals surface area contributed by atoms with Gasteiger partial charge in [-0.05, 0) is 25.1 Å². The lowest BCUT2D eigenvalue weighted by Gasteiger charge is -2.17. The standard InChI is InChI=1S/C21H24NO4.C2H6/c1-14(23)21-17-7-5-15(22-9-3-4-10-22)11-19(17)26-20-12-16(25-13-24-2)6-8-18(20)21;1-2/h5-8,11-12,14,23H,3-4,9-10,13H2,1-2H3;1-2H3/q+1;. The van der Waals surface area contributed by atoms with E-state index in [0.29, 0.717) is 11.3 Å². The number of rotatable bonds is 4. The number of fused-ring (bicyclic) bond motifs is 2. The third-order valence-electron chi connectivity index (χ3n) is 4.95. The van der Waals surface area contributed by atoms with E-state index in [9.17, 15) is 5.11 Å². The molecule has 3 aliphatic rings. The first-order valence-corrected chi connectivity index (χ1v) is 10.1. The summed E-state index contributed by atoms with van der Waals surface area (Å²) in [5, 5.41) is 12.5. The summed E-state index contributed by atoms with van der Waals surface area (Å²) < 4.78 is 19.1. The average molecular weight is 384 g/mol. The number of ether oxygens (including phenoxy) is 2. The van der Waals surface area contributed by atoms with E-state index in [4.69, 9.17) is 13.9 Å². The summed E-state index contributed by atoms with van der Waals surface area (Å²) in [6.45, 7) is 8.13. The predicted octanol–water partition coefficient (Wildman–Crippen LogP) is 4.17. The van der Waals surface area contributed by atoms with Crippen molar-refractivity contribution in [1.82, 2.24) is 4.58 Å². The molecule has 2 aliphatic heterocycles. The zero-order valence-electron chi connectivity index (χ0n) is 17.2. The van der Waals surface area contributed by atoms with Gasteiger partial charge in [0.1, 0.15) is 30.2 Å². The van der Waals surface area contributed by atoms with Crippen molar-refractivity contribution < 1.29 is 19.0 Å². The van der Waals surface area contributed by atoms with Gasteiger partial charge in [-0.3, -0.25) is 0 Å². The van der Waals surface area contributed by atoms with Crippen molar-refractivity contribution in [2.45, 2.75) is 39.7 Å². The van der Waals surface area contributed by atoms with Crippen LogP contribution in [0.3, 0.4) is 0 Å². The molecule has 1 atom stereocenters. The Morgan fingerprint density at radius 2 is 1.86 bits per heavy atom. The summed E-state index contributed by atoms with van der Waals surface area (Å²) in [6.07, 6.45) is 1.86. The second-order valence-corrected chi connectivity index (χ2v) is 6.78. The summed E-state index contributed by atoms with van der Waals surface area (Å²) in [5.41, 5.74) is 2.52. The van der Waals surface area contributed by atoms with E-state index in [1.807, 2.05) is 32.0 Å². The fourth-order valence-electron chi connectivity index (χ4n) is 3.73. The molecule has 1 saturated heterocycles. The lowest BCUT2D eigenvalue weighted by Crippen LogP contribution is -2.26. The monoisotopic (exact) mass is 384 g/mol. The molecule has 1 fully saturated rings. The van der Waals surface area contributed by atoms with Gasteiger partial charge in [-0.25, -0.2) is 4.58 Å². The third kappa shape index (κ3) is 4.05. The van der Waals surface area contributed by atoms with Crippen LogP contribution in [0.4, 0.5) is 0 Å². The van der Waals surface area contributed by atoms with Gasteiger partial charge in [-0.2, -0.15) is 0 Å². The van der Waals surface area contributed by atoms with Crippen molar-refractivity contribution in [2.75, 3.05) is 27.0 Å².